The molecule has 4 rings (SSSR count). The Morgan fingerprint density at radius 3 is 2.40 bits per heavy atom. The van der Waals surface area contributed by atoms with Crippen molar-refractivity contribution in [1.29, 1.82) is 0 Å². The minimum atomic E-state index is -0.673. The second kappa shape index (κ2) is 8.15. The van der Waals surface area contributed by atoms with Gasteiger partial charge in [-0.3, -0.25) is 0 Å². The average molecular weight is 396 g/mol. The first-order chi connectivity index (χ1) is 14.5. The zero-order valence-electron chi connectivity index (χ0n) is 16.9. The Bertz CT molecular complexity index is 1130. The van der Waals surface area contributed by atoms with Crippen molar-refractivity contribution in [2.75, 3.05) is 7.05 Å². The third-order valence-electron chi connectivity index (χ3n) is 5.61. The molecule has 0 aliphatic heterocycles. The monoisotopic (exact) mass is 396 g/mol. The van der Waals surface area contributed by atoms with Crippen molar-refractivity contribution in [2.24, 2.45) is 0 Å². The number of carbonyl (C=O) groups is 2. The molecule has 2 amide bonds. The molecule has 0 saturated heterocycles. The van der Waals surface area contributed by atoms with E-state index in [1.54, 1.807) is 0 Å². The van der Waals surface area contributed by atoms with E-state index in [9.17, 15) is 9.59 Å². The van der Waals surface area contributed by atoms with Crippen LogP contribution in [0, 0.1) is 0 Å². The number of likely N-dealkylation sites (N-methyl/N-ethyl adjacent to an activating group) is 1. The van der Waals surface area contributed by atoms with E-state index in [4.69, 9.17) is 7.49 Å². The summed E-state index contributed by atoms with van der Waals surface area (Å²) in [7, 11) is 7.93. The van der Waals surface area contributed by atoms with Crippen LogP contribution in [0.25, 0.3) is 10.8 Å². The number of benzene rings is 3. The molecule has 0 spiro atoms. The van der Waals surface area contributed by atoms with Crippen LogP contribution in [0.5, 0.6) is 0 Å². The van der Waals surface area contributed by atoms with E-state index in [0.29, 0.717) is 5.59 Å². The van der Waals surface area contributed by atoms with Gasteiger partial charge in [0.2, 0.25) is 0 Å². The van der Waals surface area contributed by atoms with Crippen LogP contribution in [-0.4, -0.2) is 31.9 Å². The van der Waals surface area contributed by atoms with Crippen LogP contribution < -0.4 is 16.0 Å². The standard InChI is InChI=1S/C24H23BN3O2/c1-26-22(29)23(30)27-15-17-8-3-5-11-19(17)21(25)28-24(13-14-24)20-12-6-9-16-7-2-4-10-18(16)20/h2-12,28H,13-15H2,1H3,(H,26,29)(H,27,30). The zero-order valence-corrected chi connectivity index (χ0v) is 16.9. The van der Waals surface area contributed by atoms with Crippen LogP contribution in [0.15, 0.2) is 66.7 Å². The van der Waals surface area contributed by atoms with Crippen LogP contribution in [0.3, 0.4) is 0 Å². The van der Waals surface area contributed by atoms with Gasteiger partial charge in [-0.2, -0.15) is 0 Å². The summed E-state index contributed by atoms with van der Waals surface area (Å²) in [5.41, 5.74) is 3.28. The molecule has 0 atom stereocenters. The van der Waals surface area contributed by atoms with Crippen molar-refractivity contribution in [3.63, 3.8) is 0 Å². The van der Waals surface area contributed by atoms with E-state index >= 15 is 0 Å². The third-order valence-corrected chi connectivity index (χ3v) is 5.61. The summed E-state index contributed by atoms with van der Waals surface area (Å²) in [6, 6.07) is 22.3. The van der Waals surface area contributed by atoms with Gasteiger partial charge in [0.15, 0.2) is 0 Å². The Labute approximate surface area is 176 Å². The summed E-state index contributed by atoms with van der Waals surface area (Å²) in [6.45, 7) is 0.214. The summed E-state index contributed by atoms with van der Waals surface area (Å²) in [5.74, 6) is -1.34. The molecule has 0 aromatic heterocycles. The Kier molecular flexibility index (Phi) is 5.40. The molecule has 3 aromatic carbocycles. The van der Waals surface area contributed by atoms with Crippen LogP contribution in [0.1, 0.15) is 29.5 Å². The van der Waals surface area contributed by atoms with Crippen molar-refractivity contribution in [1.82, 2.24) is 16.0 Å². The molecule has 1 saturated carbocycles. The molecule has 1 aliphatic rings. The molecule has 3 N–H and O–H groups in total. The molecule has 1 fully saturated rings. The molecule has 30 heavy (non-hydrogen) atoms. The van der Waals surface area contributed by atoms with Gasteiger partial charge in [0.1, 0.15) is 0 Å². The van der Waals surface area contributed by atoms with E-state index in [2.05, 4.69) is 52.3 Å². The Morgan fingerprint density at radius 1 is 0.933 bits per heavy atom. The quantitative estimate of drug-likeness (QED) is 0.442. The number of hydrogen-bond donors (Lipinski definition) is 3. The van der Waals surface area contributed by atoms with Crippen molar-refractivity contribution >= 4 is 35.7 Å². The molecule has 1 radical (unpaired) electrons. The van der Waals surface area contributed by atoms with Crippen LogP contribution in [0.2, 0.25) is 0 Å². The van der Waals surface area contributed by atoms with Crippen molar-refractivity contribution in [3.8, 4) is 0 Å². The summed E-state index contributed by atoms with van der Waals surface area (Å²) < 4.78 is 0. The first-order valence-electron chi connectivity index (χ1n) is 10.0. The van der Waals surface area contributed by atoms with Gasteiger partial charge in [-0.25, -0.2) is 0 Å². The summed E-state index contributed by atoms with van der Waals surface area (Å²) in [5, 5.41) is 10.9. The predicted molar refractivity (Wildman–Crippen MR) is 120 cm³/mol. The maximum atomic E-state index is 11.8. The van der Waals surface area contributed by atoms with Gasteiger partial charge < -0.3 is 0 Å². The number of fused-ring (bicyclic) bond motifs is 1. The van der Waals surface area contributed by atoms with Crippen LogP contribution >= 0.6 is 0 Å². The summed E-state index contributed by atoms with van der Waals surface area (Å²) >= 11 is 0. The maximum absolute atomic E-state index is 11.8. The van der Waals surface area contributed by atoms with Gasteiger partial charge in [0, 0.05) is 0 Å². The third kappa shape index (κ3) is 3.86. The minimum absolute atomic E-state index is 0.191. The SMILES string of the molecule is [B]=C(NC1(c2cccc3ccccc23)CC1)c1ccccc1CNC(=O)C(=O)NC. The number of hydrogen-bond acceptors (Lipinski definition) is 3. The summed E-state index contributed by atoms with van der Waals surface area (Å²) in [4.78, 5) is 23.2. The fourth-order valence-corrected chi connectivity index (χ4v) is 3.86. The molecule has 0 bridgehead atoms. The first kappa shape index (κ1) is 19.9. The van der Waals surface area contributed by atoms with Crippen molar-refractivity contribution in [3.05, 3.63) is 83.4 Å². The molecular weight excluding hydrogens is 373 g/mol. The first-order valence-corrected chi connectivity index (χ1v) is 10.0. The van der Waals surface area contributed by atoms with E-state index < -0.39 is 11.8 Å². The number of carbonyl (C=O) groups excluding carboxylic acids is 2. The molecule has 6 heteroatoms. The molecule has 149 valence electrons. The number of amides is 2. The van der Waals surface area contributed by atoms with E-state index in [1.165, 1.54) is 23.4 Å². The van der Waals surface area contributed by atoms with E-state index in [0.717, 1.165) is 24.0 Å². The molecule has 5 nitrogen and oxygen atoms in total. The average Bonchev–Trinajstić information content (AvgIpc) is 3.56. The predicted octanol–water partition coefficient (Wildman–Crippen LogP) is 2.13. The molecule has 1 aliphatic carbocycles. The van der Waals surface area contributed by atoms with Gasteiger partial charge in [-0.15, -0.1) is 0 Å². The second-order valence-corrected chi connectivity index (χ2v) is 7.57. The Hall–Kier alpha value is -3.41. The van der Waals surface area contributed by atoms with Gasteiger partial charge in [-0.1, -0.05) is 0 Å². The van der Waals surface area contributed by atoms with Gasteiger partial charge in [0.25, 0.3) is 0 Å². The number of rotatable bonds is 6. The van der Waals surface area contributed by atoms with E-state index in [-0.39, 0.29) is 12.1 Å². The topological polar surface area (TPSA) is 70.2 Å². The van der Waals surface area contributed by atoms with Gasteiger partial charge in [-0.05, 0) is 0 Å². The van der Waals surface area contributed by atoms with Crippen LogP contribution in [0.4, 0.5) is 0 Å². The zero-order chi connectivity index (χ0) is 21.1. The molecule has 0 heterocycles. The molecule has 0 unspecified atom stereocenters. The van der Waals surface area contributed by atoms with Gasteiger partial charge >= 0.3 is 177 Å². The Balaban J connectivity index is 1.56. The van der Waals surface area contributed by atoms with Crippen LogP contribution in [-0.2, 0) is 21.7 Å². The van der Waals surface area contributed by atoms with Crippen molar-refractivity contribution < 1.29 is 9.59 Å². The fourth-order valence-electron chi connectivity index (χ4n) is 3.86. The Morgan fingerprint density at radius 2 is 1.63 bits per heavy atom. The fraction of sp³-hybridized carbons (Fsp3) is 0.208. The molecule has 3 aromatic rings. The number of nitrogens with one attached hydrogen (secondary N) is 3. The second-order valence-electron chi connectivity index (χ2n) is 7.57. The van der Waals surface area contributed by atoms with Gasteiger partial charge in [0.05, 0.1) is 0 Å². The molecular formula is C24H23BN3O2. The summed E-state index contributed by atoms with van der Waals surface area (Å²) in [6.07, 6.45) is 1.99. The normalized spacial score (nSPS) is 14.0. The van der Waals surface area contributed by atoms with E-state index in [1.807, 2.05) is 30.3 Å². The van der Waals surface area contributed by atoms with Crippen molar-refractivity contribution in [2.45, 2.75) is 24.9 Å².